The second-order valence-corrected chi connectivity index (χ2v) is 7.30. The second-order valence-electron chi connectivity index (χ2n) is 6.22. The highest BCUT2D eigenvalue weighted by atomic mass is 32.1. The molecule has 2 fully saturated rings. The lowest BCUT2D eigenvalue weighted by molar-refractivity contribution is 0.0341. The van der Waals surface area contributed by atoms with Gasteiger partial charge in [-0.2, -0.15) is 0 Å². The van der Waals surface area contributed by atoms with Crippen LogP contribution in [0.3, 0.4) is 0 Å². The van der Waals surface area contributed by atoms with Gasteiger partial charge in [-0.15, -0.1) is 11.3 Å². The third kappa shape index (κ3) is 4.06. The van der Waals surface area contributed by atoms with Crippen molar-refractivity contribution in [3.63, 3.8) is 0 Å². The van der Waals surface area contributed by atoms with Crippen molar-refractivity contribution in [1.82, 2.24) is 15.2 Å². The fourth-order valence-electron chi connectivity index (χ4n) is 3.18. The summed E-state index contributed by atoms with van der Waals surface area (Å²) in [5.41, 5.74) is 0.863. The van der Waals surface area contributed by atoms with Gasteiger partial charge in [-0.05, 0) is 19.8 Å². The predicted molar refractivity (Wildman–Crippen MR) is 87.3 cm³/mol. The number of hydrogen-bond donors (Lipinski definition) is 1. The van der Waals surface area contributed by atoms with Crippen molar-refractivity contribution < 1.29 is 9.53 Å². The van der Waals surface area contributed by atoms with Gasteiger partial charge in [0, 0.05) is 19.1 Å². The molecule has 2 heterocycles. The van der Waals surface area contributed by atoms with E-state index in [2.05, 4.69) is 15.2 Å². The zero-order valence-electron chi connectivity index (χ0n) is 13.3. The van der Waals surface area contributed by atoms with E-state index in [-0.39, 0.29) is 5.91 Å². The molecule has 1 amide bonds. The normalized spacial score (nSPS) is 21.0. The molecule has 2 aliphatic rings. The van der Waals surface area contributed by atoms with Crippen LogP contribution in [0.4, 0.5) is 0 Å². The molecule has 0 unspecified atom stereocenters. The Labute approximate surface area is 136 Å². The second kappa shape index (κ2) is 7.53. The molecule has 1 aliphatic heterocycles. The maximum absolute atomic E-state index is 12.5. The molecule has 1 saturated carbocycles. The van der Waals surface area contributed by atoms with E-state index in [1.807, 2.05) is 6.92 Å². The average molecular weight is 323 g/mol. The fraction of sp³-hybridized carbons (Fsp3) is 0.750. The maximum atomic E-state index is 12.5. The Hall–Kier alpha value is -0.980. The molecule has 1 aromatic heterocycles. The highest BCUT2D eigenvalue weighted by Crippen LogP contribution is 2.22. The maximum Gasteiger partial charge on any atom is 0.263 e. The molecule has 122 valence electrons. The number of amides is 1. The van der Waals surface area contributed by atoms with Crippen LogP contribution in [-0.4, -0.2) is 48.1 Å². The van der Waals surface area contributed by atoms with Gasteiger partial charge in [-0.3, -0.25) is 9.69 Å². The van der Waals surface area contributed by atoms with Crippen LogP contribution in [0, 0.1) is 6.92 Å². The van der Waals surface area contributed by atoms with Crippen LogP contribution in [0.5, 0.6) is 0 Å². The summed E-state index contributed by atoms with van der Waals surface area (Å²) in [6.45, 7) is 6.24. The van der Waals surface area contributed by atoms with Gasteiger partial charge >= 0.3 is 0 Å². The number of morpholine rings is 1. The van der Waals surface area contributed by atoms with Crippen LogP contribution < -0.4 is 5.32 Å². The van der Waals surface area contributed by atoms with Crippen molar-refractivity contribution in [2.24, 2.45) is 0 Å². The number of ether oxygens (including phenoxy) is 1. The van der Waals surface area contributed by atoms with Gasteiger partial charge in [-0.1, -0.05) is 19.3 Å². The summed E-state index contributed by atoms with van der Waals surface area (Å²) in [4.78, 5) is 20.2. The number of aryl methyl sites for hydroxylation is 1. The van der Waals surface area contributed by atoms with Crippen molar-refractivity contribution in [1.29, 1.82) is 0 Å². The standard InChI is InChI=1S/C16H25N3O2S/c1-12-15(16(20)18-13-5-3-2-4-6-13)22-14(17-12)11-19-7-9-21-10-8-19/h13H,2-11H2,1H3,(H,18,20). The van der Waals surface area contributed by atoms with Gasteiger partial charge in [-0.25, -0.2) is 4.98 Å². The average Bonchev–Trinajstić information content (AvgIpc) is 2.90. The summed E-state index contributed by atoms with van der Waals surface area (Å²) in [5, 5.41) is 4.23. The zero-order valence-corrected chi connectivity index (χ0v) is 14.1. The van der Waals surface area contributed by atoms with Crippen LogP contribution in [-0.2, 0) is 11.3 Å². The van der Waals surface area contributed by atoms with Gasteiger partial charge in [0.25, 0.3) is 5.91 Å². The Morgan fingerprint density at radius 1 is 1.32 bits per heavy atom. The molecule has 0 spiro atoms. The molecule has 1 saturated heterocycles. The molecule has 1 N–H and O–H groups in total. The molecule has 1 aromatic rings. The first-order valence-corrected chi connectivity index (χ1v) is 9.11. The summed E-state index contributed by atoms with van der Waals surface area (Å²) in [6.07, 6.45) is 5.99. The number of aromatic nitrogens is 1. The van der Waals surface area contributed by atoms with Crippen molar-refractivity contribution in [2.75, 3.05) is 26.3 Å². The number of hydrogen-bond acceptors (Lipinski definition) is 5. The van der Waals surface area contributed by atoms with E-state index >= 15 is 0 Å². The Balaban J connectivity index is 1.59. The first-order valence-electron chi connectivity index (χ1n) is 8.29. The Morgan fingerprint density at radius 3 is 2.77 bits per heavy atom. The molecular formula is C16H25N3O2S. The Bertz CT molecular complexity index is 505. The van der Waals surface area contributed by atoms with Gasteiger partial charge in [0.2, 0.25) is 0 Å². The van der Waals surface area contributed by atoms with Crippen molar-refractivity contribution in [3.8, 4) is 0 Å². The van der Waals surface area contributed by atoms with E-state index in [0.29, 0.717) is 6.04 Å². The Kier molecular flexibility index (Phi) is 5.44. The minimum absolute atomic E-state index is 0.0649. The van der Waals surface area contributed by atoms with E-state index in [4.69, 9.17) is 4.74 Å². The number of nitrogens with one attached hydrogen (secondary N) is 1. The molecule has 0 atom stereocenters. The summed E-state index contributed by atoms with van der Waals surface area (Å²) < 4.78 is 5.37. The molecule has 0 aromatic carbocycles. The van der Waals surface area contributed by atoms with Crippen LogP contribution in [0.2, 0.25) is 0 Å². The fourth-order valence-corrected chi connectivity index (χ4v) is 4.19. The SMILES string of the molecule is Cc1nc(CN2CCOCC2)sc1C(=O)NC1CCCCC1. The number of nitrogens with zero attached hydrogens (tertiary/aromatic N) is 2. The van der Waals surface area contributed by atoms with E-state index in [1.54, 1.807) is 11.3 Å². The van der Waals surface area contributed by atoms with Crippen LogP contribution in [0.25, 0.3) is 0 Å². The van der Waals surface area contributed by atoms with E-state index in [9.17, 15) is 4.79 Å². The van der Waals surface area contributed by atoms with Gasteiger partial charge in [0.05, 0.1) is 25.5 Å². The summed E-state index contributed by atoms with van der Waals surface area (Å²) in [7, 11) is 0. The zero-order chi connectivity index (χ0) is 15.4. The lowest BCUT2D eigenvalue weighted by Gasteiger charge is -2.25. The summed E-state index contributed by atoms with van der Waals surface area (Å²) in [6, 6.07) is 0.352. The third-order valence-corrected chi connectivity index (χ3v) is 5.59. The quantitative estimate of drug-likeness (QED) is 0.924. The van der Waals surface area contributed by atoms with Crippen LogP contribution in [0.15, 0.2) is 0 Å². The highest BCUT2D eigenvalue weighted by molar-refractivity contribution is 7.13. The van der Waals surface area contributed by atoms with Crippen LogP contribution in [0.1, 0.15) is 52.5 Å². The molecule has 0 radical (unpaired) electrons. The van der Waals surface area contributed by atoms with Gasteiger partial charge in [0.15, 0.2) is 0 Å². The third-order valence-electron chi connectivity index (χ3n) is 4.45. The van der Waals surface area contributed by atoms with Gasteiger partial charge < -0.3 is 10.1 Å². The van der Waals surface area contributed by atoms with Crippen molar-refractivity contribution >= 4 is 17.2 Å². The van der Waals surface area contributed by atoms with E-state index < -0.39 is 0 Å². The van der Waals surface area contributed by atoms with Crippen LogP contribution >= 0.6 is 11.3 Å². The van der Waals surface area contributed by atoms with Crippen molar-refractivity contribution in [3.05, 3.63) is 15.6 Å². The predicted octanol–water partition coefficient (Wildman–Crippen LogP) is 2.35. The molecule has 5 nitrogen and oxygen atoms in total. The molecule has 1 aliphatic carbocycles. The van der Waals surface area contributed by atoms with E-state index in [0.717, 1.165) is 61.3 Å². The first kappa shape index (κ1) is 15.9. The monoisotopic (exact) mass is 323 g/mol. The molecular weight excluding hydrogens is 298 g/mol. The smallest absolute Gasteiger partial charge is 0.263 e. The first-order chi connectivity index (χ1) is 10.7. The van der Waals surface area contributed by atoms with E-state index in [1.165, 1.54) is 19.3 Å². The number of carbonyl (C=O) groups excluding carboxylic acids is 1. The molecule has 0 bridgehead atoms. The minimum atomic E-state index is 0.0649. The largest absolute Gasteiger partial charge is 0.379 e. The number of thiazole rings is 1. The summed E-state index contributed by atoms with van der Waals surface area (Å²) >= 11 is 1.54. The number of rotatable bonds is 4. The van der Waals surface area contributed by atoms with Crippen molar-refractivity contribution in [2.45, 2.75) is 51.6 Å². The van der Waals surface area contributed by atoms with Gasteiger partial charge in [0.1, 0.15) is 9.88 Å². The minimum Gasteiger partial charge on any atom is -0.379 e. The highest BCUT2D eigenvalue weighted by Gasteiger charge is 2.21. The lowest BCUT2D eigenvalue weighted by atomic mass is 9.95. The summed E-state index contributed by atoms with van der Waals surface area (Å²) in [5.74, 6) is 0.0649. The number of carbonyl (C=O) groups is 1. The lowest BCUT2D eigenvalue weighted by Crippen LogP contribution is -2.36. The Morgan fingerprint density at radius 2 is 2.05 bits per heavy atom. The topological polar surface area (TPSA) is 54.5 Å². The molecule has 22 heavy (non-hydrogen) atoms. The molecule has 3 rings (SSSR count). The molecule has 6 heteroatoms.